The van der Waals surface area contributed by atoms with Gasteiger partial charge in [-0.3, -0.25) is 0 Å². The highest BCUT2D eigenvalue weighted by Gasteiger charge is 2.07. The zero-order chi connectivity index (χ0) is 9.84. The van der Waals surface area contributed by atoms with Gasteiger partial charge in [0.15, 0.2) is 0 Å². The number of nitrogen functional groups attached to an aromatic ring is 1. The summed E-state index contributed by atoms with van der Waals surface area (Å²) in [4.78, 5) is 0. The van der Waals surface area contributed by atoms with Gasteiger partial charge in [0.1, 0.15) is 0 Å². The van der Waals surface area contributed by atoms with Crippen LogP contribution < -0.4 is 5.73 Å². The van der Waals surface area contributed by atoms with Crippen LogP contribution in [0.3, 0.4) is 0 Å². The molecular weight excluding hydrogens is 158 g/mol. The largest absolute Gasteiger partial charge is 0.399 e. The summed E-state index contributed by atoms with van der Waals surface area (Å²) < 4.78 is 0. The Bertz CT molecular complexity index is 248. The Morgan fingerprint density at radius 3 is 2.08 bits per heavy atom. The van der Waals surface area contributed by atoms with E-state index in [9.17, 15) is 0 Å². The Morgan fingerprint density at radius 2 is 1.62 bits per heavy atom. The van der Waals surface area contributed by atoms with Crippen LogP contribution in [-0.4, -0.2) is 0 Å². The molecule has 72 valence electrons. The summed E-state index contributed by atoms with van der Waals surface area (Å²) in [6.45, 7) is 6.82. The zero-order valence-electron chi connectivity index (χ0n) is 8.75. The number of benzene rings is 1. The minimum atomic E-state index is 0.739. The Hall–Kier alpha value is -0.980. The van der Waals surface area contributed by atoms with Crippen LogP contribution in [0.2, 0.25) is 0 Å². The molecular formula is C12H19N. The first kappa shape index (κ1) is 10.1. The van der Waals surface area contributed by atoms with Crippen molar-refractivity contribution >= 4 is 5.69 Å². The van der Waals surface area contributed by atoms with E-state index >= 15 is 0 Å². The minimum absolute atomic E-state index is 0.739. The van der Waals surface area contributed by atoms with Gasteiger partial charge in [-0.05, 0) is 36.0 Å². The van der Waals surface area contributed by atoms with Crippen molar-refractivity contribution in [2.75, 3.05) is 5.73 Å². The van der Waals surface area contributed by atoms with Crippen LogP contribution in [0.1, 0.15) is 26.3 Å². The first-order valence-electron chi connectivity index (χ1n) is 4.94. The fourth-order valence-electron chi connectivity index (χ4n) is 1.26. The second-order valence-corrected chi connectivity index (χ2v) is 4.17. The summed E-state index contributed by atoms with van der Waals surface area (Å²) in [5, 5.41) is 0. The second kappa shape index (κ2) is 4.31. The van der Waals surface area contributed by atoms with Crippen molar-refractivity contribution in [3.63, 3.8) is 0 Å². The van der Waals surface area contributed by atoms with Crippen LogP contribution in [0.5, 0.6) is 0 Å². The topological polar surface area (TPSA) is 26.0 Å². The van der Waals surface area contributed by atoms with Gasteiger partial charge in [-0.1, -0.05) is 32.9 Å². The predicted molar refractivity (Wildman–Crippen MR) is 58.6 cm³/mol. The van der Waals surface area contributed by atoms with E-state index in [1.807, 2.05) is 12.1 Å². The average Bonchev–Trinajstić information content (AvgIpc) is 2.08. The van der Waals surface area contributed by atoms with Gasteiger partial charge in [0.2, 0.25) is 0 Å². The molecule has 1 rings (SSSR count). The number of rotatable bonds is 3. The van der Waals surface area contributed by atoms with Crippen LogP contribution in [-0.2, 0) is 6.42 Å². The molecule has 1 aromatic carbocycles. The Kier molecular flexibility index (Phi) is 3.35. The van der Waals surface area contributed by atoms with Gasteiger partial charge in [-0.25, -0.2) is 0 Å². The summed E-state index contributed by atoms with van der Waals surface area (Å²) >= 11 is 0. The van der Waals surface area contributed by atoms with Crippen LogP contribution >= 0.6 is 0 Å². The molecule has 0 saturated heterocycles. The van der Waals surface area contributed by atoms with Crippen LogP contribution in [0.15, 0.2) is 24.3 Å². The molecule has 0 unspecified atom stereocenters. The Balaban J connectivity index is 2.59. The van der Waals surface area contributed by atoms with E-state index in [4.69, 9.17) is 5.73 Å². The van der Waals surface area contributed by atoms with Crippen molar-refractivity contribution in [2.24, 2.45) is 11.8 Å². The van der Waals surface area contributed by atoms with E-state index in [1.54, 1.807) is 0 Å². The number of hydrogen-bond acceptors (Lipinski definition) is 1. The highest BCUT2D eigenvalue weighted by Crippen LogP contribution is 2.17. The molecule has 1 heteroatoms. The van der Waals surface area contributed by atoms with E-state index in [0.29, 0.717) is 0 Å². The van der Waals surface area contributed by atoms with Crippen LogP contribution in [0, 0.1) is 11.8 Å². The molecule has 0 amide bonds. The Labute approximate surface area is 81.0 Å². The summed E-state index contributed by atoms with van der Waals surface area (Å²) in [5.41, 5.74) is 7.85. The number of hydrogen-bond donors (Lipinski definition) is 1. The van der Waals surface area contributed by atoms with Crippen molar-refractivity contribution in [1.29, 1.82) is 0 Å². The first-order chi connectivity index (χ1) is 6.09. The molecule has 1 aromatic rings. The van der Waals surface area contributed by atoms with E-state index < -0.39 is 0 Å². The van der Waals surface area contributed by atoms with Crippen molar-refractivity contribution in [3.05, 3.63) is 29.8 Å². The van der Waals surface area contributed by atoms with E-state index in [0.717, 1.165) is 23.9 Å². The predicted octanol–water partition coefficient (Wildman–Crippen LogP) is 3.10. The fraction of sp³-hybridized carbons (Fsp3) is 0.500. The summed E-state index contributed by atoms with van der Waals surface area (Å²) in [7, 11) is 0. The molecule has 1 atom stereocenters. The van der Waals surface area contributed by atoms with Crippen molar-refractivity contribution in [3.8, 4) is 0 Å². The van der Waals surface area contributed by atoms with Crippen LogP contribution in [0.4, 0.5) is 5.69 Å². The lowest BCUT2D eigenvalue weighted by Gasteiger charge is -2.15. The maximum Gasteiger partial charge on any atom is 0.0314 e. The number of nitrogens with two attached hydrogens (primary N) is 1. The molecule has 0 aliphatic heterocycles. The summed E-state index contributed by atoms with van der Waals surface area (Å²) in [6.07, 6.45) is 1.15. The van der Waals surface area contributed by atoms with Crippen molar-refractivity contribution in [1.82, 2.24) is 0 Å². The second-order valence-electron chi connectivity index (χ2n) is 4.17. The van der Waals surface area contributed by atoms with E-state index in [2.05, 4.69) is 32.9 Å². The maximum atomic E-state index is 5.62. The highest BCUT2D eigenvalue weighted by atomic mass is 14.5. The van der Waals surface area contributed by atoms with Crippen molar-refractivity contribution < 1.29 is 0 Å². The lowest BCUT2D eigenvalue weighted by Crippen LogP contribution is -2.07. The van der Waals surface area contributed by atoms with Gasteiger partial charge in [-0.15, -0.1) is 0 Å². The molecule has 0 aliphatic rings. The van der Waals surface area contributed by atoms with Gasteiger partial charge in [0, 0.05) is 5.69 Å². The highest BCUT2D eigenvalue weighted by molar-refractivity contribution is 5.39. The molecule has 0 fully saturated rings. The average molecular weight is 177 g/mol. The molecule has 1 nitrogen and oxygen atoms in total. The zero-order valence-corrected chi connectivity index (χ0v) is 8.75. The molecule has 0 aromatic heterocycles. The standard InChI is InChI=1S/C12H19N/c1-9(2)10(3)8-11-4-6-12(13)7-5-11/h4-7,9-10H,8,13H2,1-3H3/t10-/m1/s1. The monoisotopic (exact) mass is 177 g/mol. The molecule has 0 radical (unpaired) electrons. The van der Waals surface area contributed by atoms with Gasteiger partial charge < -0.3 is 5.73 Å². The van der Waals surface area contributed by atoms with E-state index in [-0.39, 0.29) is 0 Å². The van der Waals surface area contributed by atoms with Gasteiger partial charge in [0.25, 0.3) is 0 Å². The molecule has 13 heavy (non-hydrogen) atoms. The van der Waals surface area contributed by atoms with Crippen molar-refractivity contribution in [2.45, 2.75) is 27.2 Å². The summed E-state index contributed by atoms with van der Waals surface area (Å²) in [5.74, 6) is 1.49. The molecule has 2 N–H and O–H groups in total. The first-order valence-corrected chi connectivity index (χ1v) is 4.94. The third-order valence-electron chi connectivity index (χ3n) is 2.68. The molecule has 0 saturated carbocycles. The SMILES string of the molecule is CC(C)[C@H](C)Cc1ccc(N)cc1. The van der Waals surface area contributed by atoms with Gasteiger partial charge in [0.05, 0.1) is 0 Å². The molecule has 0 aliphatic carbocycles. The maximum absolute atomic E-state index is 5.62. The van der Waals surface area contributed by atoms with E-state index in [1.165, 1.54) is 5.56 Å². The molecule has 0 bridgehead atoms. The third kappa shape index (κ3) is 3.10. The number of anilines is 1. The van der Waals surface area contributed by atoms with Gasteiger partial charge in [-0.2, -0.15) is 0 Å². The lowest BCUT2D eigenvalue weighted by molar-refractivity contribution is 0.417. The quantitative estimate of drug-likeness (QED) is 0.705. The smallest absolute Gasteiger partial charge is 0.0314 e. The molecule has 0 heterocycles. The third-order valence-corrected chi connectivity index (χ3v) is 2.68. The minimum Gasteiger partial charge on any atom is -0.399 e. The lowest BCUT2D eigenvalue weighted by atomic mass is 9.91. The normalized spacial score (nSPS) is 13.2. The fourth-order valence-corrected chi connectivity index (χ4v) is 1.26. The molecule has 0 spiro atoms. The van der Waals surface area contributed by atoms with Crippen LogP contribution in [0.25, 0.3) is 0 Å². The van der Waals surface area contributed by atoms with Gasteiger partial charge >= 0.3 is 0 Å². The Morgan fingerprint density at radius 1 is 1.08 bits per heavy atom. The summed E-state index contributed by atoms with van der Waals surface area (Å²) in [6, 6.07) is 8.19.